The van der Waals surface area contributed by atoms with Crippen molar-refractivity contribution in [1.29, 1.82) is 5.26 Å². The Balaban J connectivity index is 1.59. The second-order valence-corrected chi connectivity index (χ2v) is 5.95. The van der Waals surface area contributed by atoms with E-state index < -0.39 is 0 Å². The Bertz CT molecular complexity index is 470. The van der Waals surface area contributed by atoms with Gasteiger partial charge in [0.25, 0.3) is 0 Å². The first-order valence-electron chi connectivity index (χ1n) is 7.22. The number of nitrogens with zero attached hydrogens (tertiary/aromatic N) is 3. The molecule has 0 amide bonds. The summed E-state index contributed by atoms with van der Waals surface area (Å²) in [4.78, 5) is 5.00. The van der Waals surface area contributed by atoms with Gasteiger partial charge in [-0.3, -0.25) is 0 Å². The Morgan fingerprint density at radius 1 is 1.16 bits per heavy atom. The number of hydrogen-bond donors (Lipinski definition) is 0. The minimum atomic E-state index is 0.569. The topological polar surface area (TPSA) is 30.3 Å². The van der Waals surface area contributed by atoms with Crippen molar-refractivity contribution in [2.75, 3.05) is 37.6 Å². The van der Waals surface area contributed by atoms with Crippen molar-refractivity contribution in [3.05, 3.63) is 29.8 Å². The zero-order valence-corrected chi connectivity index (χ0v) is 11.6. The molecular formula is C16H21N3. The molecule has 3 nitrogen and oxygen atoms in total. The molecule has 2 saturated heterocycles. The van der Waals surface area contributed by atoms with E-state index in [-0.39, 0.29) is 0 Å². The SMILES string of the molecule is CCN1CCC2(CC1)CN(c1ccc(C#N)cc1)C2. The van der Waals surface area contributed by atoms with Crippen molar-refractivity contribution in [2.45, 2.75) is 19.8 Å². The third-order valence-corrected chi connectivity index (χ3v) is 4.78. The molecule has 0 saturated carbocycles. The van der Waals surface area contributed by atoms with Crippen LogP contribution in [0.5, 0.6) is 0 Å². The molecule has 100 valence electrons. The molecule has 0 N–H and O–H groups in total. The molecule has 0 unspecified atom stereocenters. The zero-order valence-electron chi connectivity index (χ0n) is 11.6. The highest BCUT2D eigenvalue weighted by Gasteiger charge is 2.44. The van der Waals surface area contributed by atoms with Crippen molar-refractivity contribution < 1.29 is 0 Å². The average molecular weight is 255 g/mol. The van der Waals surface area contributed by atoms with Crippen molar-refractivity contribution in [3.8, 4) is 6.07 Å². The predicted octanol–water partition coefficient (Wildman–Crippen LogP) is 2.48. The van der Waals surface area contributed by atoms with Gasteiger partial charge in [0.1, 0.15) is 0 Å². The molecule has 2 heterocycles. The van der Waals surface area contributed by atoms with Crippen LogP contribution >= 0.6 is 0 Å². The lowest BCUT2D eigenvalue weighted by Gasteiger charge is -2.55. The molecule has 0 aliphatic carbocycles. The minimum absolute atomic E-state index is 0.569. The van der Waals surface area contributed by atoms with Gasteiger partial charge < -0.3 is 9.80 Å². The molecule has 19 heavy (non-hydrogen) atoms. The summed E-state index contributed by atoms with van der Waals surface area (Å²) in [6.07, 6.45) is 2.68. The van der Waals surface area contributed by atoms with Crippen LogP contribution in [0.1, 0.15) is 25.3 Å². The summed E-state index contributed by atoms with van der Waals surface area (Å²) in [5.41, 5.74) is 2.58. The molecule has 3 rings (SSSR count). The molecule has 1 aromatic rings. The van der Waals surface area contributed by atoms with Gasteiger partial charge in [-0.05, 0) is 56.7 Å². The highest BCUT2D eigenvalue weighted by Crippen LogP contribution is 2.42. The predicted molar refractivity (Wildman–Crippen MR) is 77.2 cm³/mol. The van der Waals surface area contributed by atoms with Gasteiger partial charge in [0, 0.05) is 24.2 Å². The van der Waals surface area contributed by atoms with Crippen LogP contribution in [0.25, 0.3) is 0 Å². The van der Waals surface area contributed by atoms with E-state index in [0.717, 1.165) is 5.56 Å². The molecule has 1 spiro atoms. The summed E-state index contributed by atoms with van der Waals surface area (Å²) in [7, 11) is 0. The molecule has 0 aromatic heterocycles. The van der Waals surface area contributed by atoms with Crippen molar-refractivity contribution in [2.24, 2.45) is 5.41 Å². The molecule has 0 atom stereocenters. The van der Waals surface area contributed by atoms with Crippen LogP contribution in [-0.2, 0) is 0 Å². The largest absolute Gasteiger partial charge is 0.370 e. The normalized spacial score (nSPS) is 22.0. The molecule has 0 bridgehead atoms. The van der Waals surface area contributed by atoms with Gasteiger partial charge >= 0.3 is 0 Å². The Hall–Kier alpha value is -1.53. The van der Waals surface area contributed by atoms with E-state index in [9.17, 15) is 0 Å². The van der Waals surface area contributed by atoms with Crippen LogP contribution in [0.15, 0.2) is 24.3 Å². The molecule has 1 aromatic carbocycles. The first-order valence-corrected chi connectivity index (χ1v) is 7.22. The molecule has 2 fully saturated rings. The Morgan fingerprint density at radius 2 is 1.79 bits per heavy atom. The van der Waals surface area contributed by atoms with Gasteiger partial charge in [-0.15, -0.1) is 0 Å². The van der Waals surface area contributed by atoms with Gasteiger partial charge in [-0.1, -0.05) is 6.92 Å². The van der Waals surface area contributed by atoms with Crippen LogP contribution < -0.4 is 4.90 Å². The van der Waals surface area contributed by atoms with Gasteiger partial charge in [0.05, 0.1) is 11.6 Å². The van der Waals surface area contributed by atoms with E-state index in [1.807, 2.05) is 12.1 Å². The van der Waals surface area contributed by atoms with E-state index >= 15 is 0 Å². The van der Waals surface area contributed by atoms with E-state index in [2.05, 4.69) is 34.9 Å². The Morgan fingerprint density at radius 3 is 2.32 bits per heavy atom. The van der Waals surface area contributed by atoms with Gasteiger partial charge in [-0.2, -0.15) is 5.26 Å². The number of benzene rings is 1. The highest BCUT2D eigenvalue weighted by molar-refractivity contribution is 5.52. The Kier molecular flexibility index (Phi) is 3.20. The summed E-state index contributed by atoms with van der Waals surface area (Å²) in [5.74, 6) is 0. The molecular weight excluding hydrogens is 234 g/mol. The number of likely N-dealkylation sites (tertiary alicyclic amines) is 1. The standard InChI is InChI=1S/C16H21N3/c1-2-18-9-7-16(8-10-18)12-19(13-16)15-5-3-14(11-17)4-6-15/h3-6H,2,7-10,12-13H2,1H3. The third kappa shape index (κ3) is 2.33. The lowest BCUT2D eigenvalue weighted by molar-refractivity contribution is 0.0795. The number of anilines is 1. The van der Waals surface area contributed by atoms with Crippen LogP contribution in [0.4, 0.5) is 5.69 Å². The smallest absolute Gasteiger partial charge is 0.0991 e. The highest BCUT2D eigenvalue weighted by atomic mass is 15.2. The number of rotatable bonds is 2. The number of nitriles is 1. The maximum Gasteiger partial charge on any atom is 0.0991 e. The fourth-order valence-electron chi connectivity index (χ4n) is 3.35. The second-order valence-electron chi connectivity index (χ2n) is 5.95. The second kappa shape index (κ2) is 4.86. The van der Waals surface area contributed by atoms with Crippen molar-refractivity contribution >= 4 is 5.69 Å². The first kappa shape index (κ1) is 12.5. The van der Waals surface area contributed by atoms with Gasteiger partial charge in [0.15, 0.2) is 0 Å². The fourth-order valence-corrected chi connectivity index (χ4v) is 3.35. The summed E-state index contributed by atoms with van der Waals surface area (Å²) >= 11 is 0. The zero-order chi connectivity index (χ0) is 13.3. The van der Waals surface area contributed by atoms with Crippen LogP contribution in [0.3, 0.4) is 0 Å². The van der Waals surface area contributed by atoms with E-state index in [4.69, 9.17) is 5.26 Å². The lowest BCUT2D eigenvalue weighted by atomic mass is 9.72. The molecule has 2 aliphatic heterocycles. The average Bonchev–Trinajstić information content (AvgIpc) is 2.45. The van der Waals surface area contributed by atoms with E-state index in [1.165, 1.54) is 51.3 Å². The van der Waals surface area contributed by atoms with E-state index in [1.54, 1.807) is 0 Å². The maximum absolute atomic E-state index is 8.82. The van der Waals surface area contributed by atoms with Crippen LogP contribution in [0, 0.1) is 16.7 Å². The molecule has 2 aliphatic rings. The lowest BCUT2D eigenvalue weighted by Crippen LogP contribution is -2.60. The summed E-state index contributed by atoms with van der Waals surface area (Å²) in [6, 6.07) is 10.2. The van der Waals surface area contributed by atoms with Crippen LogP contribution in [-0.4, -0.2) is 37.6 Å². The summed E-state index contributed by atoms with van der Waals surface area (Å²) < 4.78 is 0. The quantitative estimate of drug-likeness (QED) is 0.813. The van der Waals surface area contributed by atoms with Gasteiger partial charge in [-0.25, -0.2) is 0 Å². The fraction of sp³-hybridized carbons (Fsp3) is 0.562. The van der Waals surface area contributed by atoms with Crippen molar-refractivity contribution in [1.82, 2.24) is 4.90 Å². The number of hydrogen-bond acceptors (Lipinski definition) is 3. The molecule has 0 radical (unpaired) electrons. The molecule has 3 heteroatoms. The first-order chi connectivity index (χ1) is 9.24. The monoisotopic (exact) mass is 255 g/mol. The van der Waals surface area contributed by atoms with E-state index in [0.29, 0.717) is 5.41 Å². The van der Waals surface area contributed by atoms with Crippen LogP contribution in [0.2, 0.25) is 0 Å². The summed E-state index contributed by atoms with van der Waals surface area (Å²) in [5, 5.41) is 8.82. The van der Waals surface area contributed by atoms with Crippen molar-refractivity contribution in [3.63, 3.8) is 0 Å². The Labute approximate surface area is 115 Å². The minimum Gasteiger partial charge on any atom is -0.370 e. The van der Waals surface area contributed by atoms with Gasteiger partial charge in [0.2, 0.25) is 0 Å². The number of piperidine rings is 1. The third-order valence-electron chi connectivity index (χ3n) is 4.78. The summed E-state index contributed by atoms with van der Waals surface area (Å²) in [6.45, 7) is 8.35. The maximum atomic E-state index is 8.82.